The molecular formula is C9H6F6N2S. The van der Waals surface area contributed by atoms with Crippen LogP contribution in [0, 0.1) is 0 Å². The number of hydrogen-bond acceptors (Lipinski definition) is 1. The van der Waals surface area contributed by atoms with Crippen LogP contribution in [0.1, 0.15) is 11.1 Å². The zero-order chi connectivity index (χ0) is 14.1. The minimum atomic E-state index is -5.13. The summed E-state index contributed by atoms with van der Waals surface area (Å²) in [6.45, 7) is 0. The van der Waals surface area contributed by atoms with Crippen LogP contribution >= 0.6 is 12.2 Å². The molecule has 100 valence electrons. The number of thiocarbonyl (C=S) groups is 1. The Bertz CT molecular complexity index is 465. The molecule has 0 atom stereocenters. The van der Waals surface area contributed by atoms with E-state index in [2.05, 4.69) is 17.5 Å². The highest BCUT2D eigenvalue weighted by Crippen LogP contribution is 2.41. The van der Waals surface area contributed by atoms with Crippen molar-refractivity contribution in [3.63, 3.8) is 0 Å². The van der Waals surface area contributed by atoms with Gasteiger partial charge in [0.2, 0.25) is 0 Å². The standard InChI is InChI=1S/C9H6F6N2S/c10-8(11,12)5-2-1-4(17-7(16)18)3-6(5)9(13,14)15/h1-3H,(H3,16,17,18). The van der Waals surface area contributed by atoms with Crippen molar-refractivity contribution in [1.82, 2.24) is 0 Å². The van der Waals surface area contributed by atoms with Gasteiger partial charge in [-0.05, 0) is 30.4 Å². The van der Waals surface area contributed by atoms with Crippen LogP contribution in [0.4, 0.5) is 32.0 Å². The van der Waals surface area contributed by atoms with Crippen LogP contribution in [-0.2, 0) is 12.4 Å². The molecule has 9 heteroatoms. The molecule has 1 aromatic carbocycles. The first kappa shape index (κ1) is 14.6. The molecule has 1 aromatic rings. The lowest BCUT2D eigenvalue weighted by atomic mass is 10.1. The molecule has 3 N–H and O–H groups in total. The summed E-state index contributed by atoms with van der Waals surface area (Å²) in [4.78, 5) is 0. The number of benzene rings is 1. The molecule has 0 amide bonds. The van der Waals surface area contributed by atoms with E-state index in [0.717, 1.165) is 6.07 Å². The molecule has 0 unspecified atom stereocenters. The lowest BCUT2D eigenvalue weighted by Gasteiger charge is -2.16. The van der Waals surface area contributed by atoms with Crippen LogP contribution < -0.4 is 11.1 Å². The number of halogens is 6. The van der Waals surface area contributed by atoms with E-state index in [1.165, 1.54) is 0 Å². The first-order chi connectivity index (χ1) is 8.01. The Labute approximate surface area is 103 Å². The summed E-state index contributed by atoms with van der Waals surface area (Å²) in [7, 11) is 0. The predicted octanol–water partition coefficient (Wildman–Crippen LogP) is 3.38. The molecule has 0 aliphatic rings. The van der Waals surface area contributed by atoms with E-state index in [9.17, 15) is 26.3 Å². The van der Waals surface area contributed by atoms with E-state index >= 15 is 0 Å². The van der Waals surface area contributed by atoms with Crippen LogP contribution in [0.5, 0.6) is 0 Å². The molecule has 0 fully saturated rings. The van der Waals surface area contributed by atoms with Crippen LogP contribution in [0.2, 0.25) is 0 Å². The van der Waals surface area contributed by atoms with Gasteiger partial charge in [0.05, 0.1) is 11.1 Å². The second kappa shape index (κ2) is 4.63. The van der Waals surface area contributed by atoms with Gasteiger partial charge in [-0.3, -0.25) is 0 Å². The number of alkyl halides is 6. The molecule has 0 aliphatic carbocycles. The summed E-state index contributed by atoms with van der Waals surface area (Å²) in [6, 6.07) is 1.45. The molecular weight excluding hydrogens is 282 g/mol. The largest absolute Gasteiger partial charge is 0.417 e. The van der Waals surface area contributed by atoms with Crippen molar-refractivity contribution in [2.24, 2.45) is 5.73 Å². The summed E-state index contributed by atoms with van der Waals surface area (Å²) in [5.41, 5.74) is 1.21. The monoisotopic (exact) mass is 288 g/mol. The van der Waals surface area contributed by atoms with Crippen molar-refractivity contribution < 1.29 is 26.3 Å². The third-order valence-electron chi connectivity index (χ3n) is 1.90. The Morgan fingerprint density at radius 3 is 1.89 bits per heavy atom. The lowest BCUT2D eigenvalue weighted by Crippen LogP contribution is -2.21. The van der Waals surface area contributed by atoms with Gasteiger partial charge in [0.1, 0.15) is 0 Å². The Hall–Kier alpha value is -1.51. The fraction of sp³-hybridized carbons (Fsp3) is 0.222. The van der Waals surface area contributed by atoms with Crippen LogP contribution in [0.25, 0.3) is 0 Å². The van der Waals surface area contributed by atoms with Crippen molar-refractivity contribution in [1.29, 1.82) is 0 Å². The summed E-state index contributed by atoms with van der Waals surface area (Å²) in [6.07, 6.45) is -10.2. The average molecular weight is 288 g/mol. The molecule has 0 aliphatic heterocycles. The predicted molar refractivity (Wildman–Crippen MR) is 56.9 cm³/mol. The SMILES string of the molecule is NC(=S)Nc1ccc(C(F)(F)F)c(C(F)(F)F)c1. The quantitative estimate of drug-likeness (QED) is 0.614. The average Bonchev–Trinajstić information content (AvgIpc) is 2.13. The van der Waals surface area contributed by atoms with Crippen LogP contribution in [0.15, 0.2) is 18.2 Å². The molecule has 1 rings (SSSR count). The smallest absolute Gasteiger partial charge is 0.376 e. The van der Waals surface area contributed by atoms with E-state index in [0.29, 0.717) is 12.1 Å². The van der Waals surface area contributed by atoms with Crippen LogP contribution in [0.3, 0.4) is 0 Å². The van der Waals surface area contributed by atoms with Gasteiger partial charge in [0, 0.05) is 5.69 Å². The molecule has 0 spiro atoms. The van der Waals surface area contributed by atoms with Gasteiger partial charge in [0.15, 0.2) is 5.11 Å². The molecule has 0 saturated carbocycles. The summed E-state index contributed by atoms with van der Waals surface area (Å²) in [5.74, 6) is 0. The number of nitrogens with one attached hydrogen (secondary N) is 1. The highest BCUT2D eigenvalue weighted by Gasteiger charge is 2.43. The fourth-order valence-corrected chi connectivity index (χ4v) is 1.36. The van der Waals surface area contributed by atoms with Crippen molar-refractivity contribution in [3.05, 3.63) is 29.3 Å². The van der Waals surface area contributed by atoms with Gasteiger partial charge in [-0.1, -0.05) is 0 Å². The topological polar surface area (TPSA) is 38.0 Å². The maximum Gasteiger partial charge on any atom is 0.417 e. The second-order valence-electron chi connectivity index (χ2n) is 3.25. The Morgan fingerprint density at radius 2 is 1.50 bits per heavy atom. The number of hydrogen-bond donors (Lipinski definition) is 2. The van der Waals surface area contributed by atoms with Crippen LogP contribution in [-0.4, -0.2) is 5.11 Å². The van der Waals surface area contributed by atoms with E-state index in [4.69, 9.17) is 5.73 Å². The van der Waals surface area contributed by atoms with E-state index < -0.39 is 23.5 Å². The maximum atomic E-state index is 12.5. The lowest BCUT2D eigenvalue weighted by molar-refractivity contribution is -0.162. The van der Waals surface area contributed by atoms with Crippen molar-refractivity contribution in [2.45, 2.75) is 12.4 Å². The van der Waals surface area contributed by atoms with E-state index in [1.807, 2.05) is 0 Å². The number of nitrogens with two attached hydrogens (primary N) is 1. The normalized spacial score (nSPS) is 12.3. The molecule has 0 radical (unpaired) electrons. The maximum absolute atomic E-state index is 12.5. The molecule has 0 saturated heterocycles. The van der Waals surface area contributed by atoms with Gasteiger partial charge in [-0.15, -0.1) is 0 Å². The highest BCUT2D eigenvalue weighted by atomic mass is 32.1. The third kappa shape index (κ3) is 3.49. The van der Waals surface area contributed by atoms with Gasteiger partial charge in [-0.25, -0.2) is 0 Å². The Balaban J connectivity index is 3.35. The minimum absolute atomic E-state index is 0.261. The summed E-state index contributed by atoms with van der Waals surface area (Å²) >= 11 is 4.38. The molecule has 18 heavy (non-hydrogen) atoms. The number of anilines is 1. The zero-order valence-corrected chi connectivity index (χ0v) is 9.30. The third-order valence-corrected chi connectivity index (χ3v) is 2.00. The minimum Gasteiger partial charge on any atom is -0.376 e. The first-order valence-electron chi connectivity index (χ1n) is 4.36. The molecule has 0 heterocycles. The van der Waals surface area contributed by atoms with Gasteiger partial charge < -0.3 is 11.1 Å². The van der Waals surface area contributed by atoms with Crippen molar-refractivity contribution >= 4 is 23.0 Å². The zero-order valence-electron chi connectivity index (χ0n) is 8.49. The second-order valence-corrected chi connectivity index (χ2v) is 3.68. The van der Waals surface area contributed by atoms with E-state index in [1.54, 1.807) is 0 Å². The van der Waals surface area contributed by atoms with Gasteiger partial charge in [0.25, 0.3) is 0 Å². The summed E-state index contributed by atoms with van der Waals surface area (Å²) in [5, 5.41) is 1.79. The Kier molecular flexibility index (Phi) is 3.75. The molecule has 0 aromatic heterocycles. The summed E-state index contributed by atoms with van der Waals surface area (Å²) < 4.78 is 74.7. The van der Waals surface area contributed by atoms with Gasteiger partial charge >= 0.3 is 12.4 Å². The highest BCUT2D eigenvalue weighted by molar-refractivity contribution is 7.80. The van der Waals surface area contributed by atoms with Crippen molar-refractivity contribution in [2.75, 3.05) is 5.32 Å². The van der Waals surface area contributed by atoms with Gasteiger partial charge in [-0.2, -0.15) is 26.3 Å². The Morgan fingerprint density at radius 1 is 1.00 bits per heavy atom. The molecule has 0 bridgehead atoms. The van der Waals surface area contributed by atoms with E-state index in [-0.39, 0.29) is 10.8 Å². The first-order valence-corrected chi connectivity index (χ1v) is 4.77. The number of rotatable bonds is 1. The fourth-order valence-electron chi connectivity index (χ4n) is 1.25. The van der Waals surface area contributed by atoms with Crippen molar-refractivity contribution in [3.8, 4) is 0 Å². The molecule has 2 nitrogen and oxygen atoms in total.